The Kier molecular flexibility index (Phi) is 4.39. The molecular weight excluding hydrogens is 282 g/mol. The molecule has 1 fully saturated rings. The first-order chi connectivity index (χ1) is 8.06. The Morgan fingerprint density at radius 3 is 2.06 bits per heavy atom. The van der Waals surface area contributed by atoms with E-state index in [0.29, 0.717) is 12.8 Å². The smallest absolute Gasteiger partial charge is 0.324 e. The molecule has 1 aliphatic rings. The Morgan fingerprint density at radius 2 is 1.67 bits per heavy atom. The van der Waals surface area contributed by atoms with Crippen molar-refractivity contribution < 1.29 is 26.7 Å². The summed E-state index contributed by atoms with van der Waals surface area (Å²) in [5.41, 5.74) is -1.46. The van der Waals surface area contributed by atoms with E-state index in [4.69, 9.17) is 5.11 Å². The number of aliphatic carboxylic acids is 1. The lowest BCUT2D eigenvalue weighted by molar-refractivity contribution is -0.143. The second kappa shape index (κ2) is 5.14. The Balaban J connectivity index is 2.78. The number of rotatable bonds is 6. The molecule has 0 atom stereocenters. The Hall–Kier alpha value is -0.670. The topological polar surface area (TPSA) is 118 Å². The summed E-state index contributed by atoms with van der Waals surface area (Å²) in [7, 11) is -7.31. The maximum Gasteiger partial charge on any atom is 0.324 e. The third-order valence-corrected chi connectivity index (χ3v) is 5.59. The minimum atomic E-state index is -3.91. The number of hydrogen-bond donors (Lipinski definition) is 2. The molecular formula is C9H17NO6S2. The number of hydrogen-bond acceptors (Lipinski definition) is 5. The van der Waals surface area contributed by atoms with E-state index in [1.807, 2.05) is 0 Å². The van der Waals surface area contributed by atoms with Crippen molar-refractivity contribution in [1.29, 1.82) is 0 Å². The third kappa shape index (κ3) is 4.21. The molecule has 0 saturated heterocycles. The van der Waals surface area contributed by atoms with Crippen LogP contribution in [0, 0.1) is 0 Å². The van der Waals surface area contributed by atoms with Crippen LogP contribution >= 0.6 is 0 Å². The lowest BCUT2D eigenvalue weighted by atomic mass is 10.0. The molecule has 9 heteroatoms. The highest BCUT2D eigenvalue weighted by molar-refractivity contribution is 7.93. The first-order valence-corrected chi connectivity index (χ1v) is 9.20. The van der Waals surface area contributed by atoms with Crippen molar-refractivity contribution in [3.05, 3.63) is 0 Å². The van der Waals surface area contributed by atoms with Crippen molar-refractivity contribution in [3.8, 4) is 0 Å². The van der Waals surface area contributed by atoms with E-state index >= 15 is 0 Å². The van der Waals surface area contributed by atoms with Gasteiger partial charge in [-0.15, -0.1) is 0 Å². The minimum absolute atomic E-state index is 0.237. The summed E-state index contributed by atoms with van der Waals surface area (Å²) in [6, 6.07) is 0. The Labute approximate surface area is 107 Å². The number of carbonyl (C=O) groups is 1. The highest BCUT2D eigenvalue weighted by Gasteiger charge is 2.44. The minimum Gasteiger partial charge on any atom is -0.480 e. The SMILES string of the molecule is CS(=O)(=O)CCS(=O)(=O)NC1(C(=O)O)CCCC1. The molecule has 1 rings (SSSR count). The summed E-state index contributed by atoms with van der Waals surface area (Å²) in [6.45, 7) is 0. The van der Waals surface area contributed by atoms with E-state index in [1.54, 1.807) is 0 Å². The quantitative estimate of drug-likeness (QED) is 0.673. The van der Waals surface area contributed by atoms with Crippen LogP contribution in [0.2, 0.25) is 0 Å². The van der Waals surface area contributed by atoms with Gasteiger partial charge in [0.15, 0.2) is 0 Å². The monoisotopic (exact) mass is 299 g/mol. The van der Waals surface area contributed by atoms with Crippen LogP contribution < -0.4 is 4.72 Å². The molecule has 1 saturated carbocycles. The van der Waals surface area contributed by atoms with E-state index in [-0.39, 0.29) is 12.8 Å². The lowest BCUT2D eigenvalue weighted by Crippen LogP contribution is -2.53. The molecule has 0 amide bonds. The zero-order valence-electron chi connectivity index (χ0n) is 10.0. The molecule has 0 aromatic rings. The second-order valence-corrected chi connectivity index (χ2v) is 8.75. The molecule has 1 aliphatic carbocycles. The first kappa shape index (κ1) is 15.4. The van der Waals surface area contributed by atoms with Crippen LogP contribution in [0.25, 0.3) is 0 Å². The van der Waals surface area contributed by atoms with Gasteiger partial charge in [-0.05, 0) is 12.8 Å². The number of sulfone groups is 1. The summed E-state index contributed by atoms with van der Waals surface area (Å²) in [5, 5.41) is 9.11. The molecule has 0 radical (unpaired) electrons. The third-order valence-electron chi connectivity index (χ3n) is 2.94. The number of nitrogens with one attached hydrogen (secondary N) is 1. The number of carboxylic acids is 1. The number of carboxylic acid groups (broad SMARTS) is 1. The zero-order chi connectivity index (χ0) is 14.0. The van der Waals surface area contributed by atoms with Crippen LogP contribution in [-0.4, -0.2) is 51.2 Å². The van der Waals surface area contributed by atoms with E-state index in [1.165, 1.54) is 0 Å². The van der Waals surface area contributed by atoms with Gasteiger partial charge in [-0.25, -0.2) is 16.8 Å². The molecule has 0 unspecified atom stereocenters. The maximum absolute atomic E-state index is 11.7. The maximum atomic E-state index is 11.7. The summed E-state index contributed by atoms with van der Waals surface area (Å²) in [5.74, 6) is -2.33. The molecule has 0 aliphatic heterocycles. The van der Waals surface area contributed by atoms with Crippen molar-refractivity contribution in [3.63, 3.8) is 0 Å². The molecule has 18 heavy (non-hydrogen) atoms. The Bertz CT molecular complexity index is 515. The van der Waals surface area contributed by atoms with Crippen molar-refractivity contribution in [2.24, 2.45) is 0 Å². The van der Waals surface area contributed by atoms with E-state index in [2.05, 4.69) is 4.72 Å². The van der Waals surface area contributed by atoms with Crippen LogP contribution in [-0.2, 0) is 24.7 Å². The molecule has 0 spiro atoms. The molecule has 2 N–H and O–H groups in total. The average Bonchev–Trinajstić information content (AvgIpc) is 2.63. The van der Waals surface area contributed by atoms with Gasteiger partial charge >= 0.3 is 5.97 Å². The highest BCUT2D eigenvalue weighted by Crippen LogP contribution is 2.30. The lowest BCUT2D eigenvalue weighted by Gasteiger charge is -2.24. The van der Waals surface area contributed by atoms with Gasteiger partial charge in [-0.1, -0.05) is 12.8 Å². The van der Waals surface area contributed by atoms with Gasteiger partial charge in [0.2, 0.25) is 10.0 Å². The summed E-state index contributed by atoms with van der Waals surface area (Å²) >= 11 is 0. The zero-order valence-corrected chi connectivity index (χ0v) is 11.7. The average molecular weight is 299 g/mol. The van der Waals surface area contributed by atoms with Crippen LogP contribution in [0.4, 0.5) is 0 Å². The summed E-state index contributed by atoms with van der Waals surface area (Å²) < 4.78 is 47.4. The van der Waals surface area contributed by atoms with Crippen molar-refractivity contribution in [2.45, 2.75) is 31.2 Å². The summed E-state index contributed by atoms with van der Waals surface area (Å²) in [6.07, 6.45) is 2.69. The van der Waals surface area contributed by atoms with Gasteiger partial charge in [0.25, 0.3) is 0 Å². The van der Waals surface area contributed by atoms with Gasteiger partial charge in [0.1, 0.15) is 15.4 Å². The highest BCUT2D eigenvalue weighted by atomic mass is 32.2. The standard InChI is InChI=1S/C9H17NO6S2/c1-17(13,14)6-7-18(15,16)10-9(8(11)12)4-2-3-5-9/h10H,2-7H2,1H3,(H,11,12). The molecule has 0 heterocycles. The first-order valence-electron chi connectivity index (χ1n) is 5.49. The van der Waals surface area contributed by atoms with E-state index in [9.17, 15) is 21.6 Å². The molecule has 0 aromatic carbocycles. The van der Waals surface area contributed by atoms with E-state index in [0.717, 1.165) is 6.26 Å². The van der Waals surface area contributed by atoms with Crippen LogP contribution in [0.5, 0.6) is 0 Å². The van der Waals surface area contributed by atoms with Crippen molar-refractivity contribution in [2.75, 3.05) is 17.8 Å². The largest absolute Gasteiger partial charge is 0.480 e. The predicted octanol–water partition coefficient (Wildman–Crippen LogP) is -0.652. The second-order valence-electron chi connectivity index (χ2n) is 4.65. The van der Waals surface area contributed by atoms with Crippen LogP contribution in [0.1, 0.15) is 25.7 Å². The van der Waals surface area contributed by atoms with Gasteiger partial charge in [0.05, 0.1) is 11.5 Å². The molecule has 7 nitrogen and oxygen atoms in total. The van der Waals surface area contributed by atoms with Crippen LogP contribution in [0.15, 0.2) is 0 Å². The van der Waals surface area contributed by atoms with Crippen molar-refractivity contribution in [1.82, 2.24) is 4.72 Å². The fourth-order valence-corrected chi connectivity index (χ4v) is 5.03. The predicted molar refractivity (Wildman–Crippen MR) is 65.5 cm³/mol. The Morgan fingerprint density at radius 1 is 1.17 bits per heavy atom. The fourth-order valence-electron chi connectivity index (χ4n) is 1.95. The van der Waals surface area contributed by atoms with Crippen LogP contribution in [0.3, 0.4) is 0 Å². The fraction of sp³-hybridized carbons (Fsp3) is 0.889. The number of sulfonamides is 1. The van der Waals surface area contributed by atoms with Gasteiger partial charge in [0, 0.05) is 6.26 Å². The van der Waals surface area contributed by atoms with Gasteiger partial charge in [-0.3, -0.25) is 4.79 Å². The van der Waals surface area contributed by atoms with Crippen molar-refractivity contribution >= 4 is 25.8 Å². The van der Waals surface area contributed by atoms with Gasteiger partial charge < -0.3 is 5.11 Å². The molecule has 106 valence electrons. The molecule has 0 bridgehead atoms. The van der Waals surface area contributed by atoms with E-state index < -0.39 is 42.9 Å². The normalized spacial score (nSPS) is 19.8. The summed E-state index contributed by atoms with van der Waals surface area (Å²) in [4.78, 5) is 11.2. The molecule has 0 aromatic heterocycles. The van der Waals surface area contributed by atoms with Gasteiger partial charge in [-0.2, -0.15) is 4.72 Å².